The number of amides is 2. The van der Waals surface area contributed by atoms with Crippen LogP contribution < -0.4 is 16.4 Å². The molecule has 0 fully saturated rings. The summed E-state index contributed by atoms with van der Waals surface area (Å²) in [5.74, 6) is -0.658. The lowest BCUT2D eigenvalue weighted by molar-refractivity contribution is -0.140. The van der Waals surface area contributed by atoms with E-state index in [0.717, 1.165) is 33.6 Å². The van der Waals surface area contributed by atoms with Gasteiger partial charge in [0.1, 0.15) is 26.4 Å². The van der Waals surface area contributed by atoms with Crippen LogP contribution in [0.4, 0.5) is 23.8 Å². The minimum Gasteiger partial charge on any atom is -0.387 e. The van der Waals surface area contributed by atoms with Gasteiger partial charge in [-0.1, -0.05) is 6.92 Å². The minimum absolute atomic E-state index is 0.00250. The van der Waals surface area contributed by atoms with Crippen molar-refractivity contribution in [3.63, 3.8) is 0 Å². The van der Waals surface area contributed by atoms with E-state index >= 15 is 0 Å². The van der Waals surface area contributed by atoms with Crippen molar-refractivity contribution in [2.75, 3.05) is 18.9 Å². The fraction of sp³-hybridized carbons (Fsp3) is 0.292. The number of halogens is 3. The zero-order valence-corrected chi connectivity index (χ0v) is 23.4. The smallest absolute Gasteiger partial charge is 0.387 e. The van der Waals surface area contributed by atoms with Crippen molar-refractivity contribution in [3.05, 3.63) is 45.2 Å². The van der Waals surface area contributed by atoms with Gasteiger partial charge in [0.15, 0.2) is 5.69 Å². The van der Waals surface area contributed by atoms with Crippen molar-refractivity contribution in [1.29, 1.82) is 0 Å². The molecule has 0 bridgehead atoms. The van der Waals surface area contributed by atoms with Crippen LogP contribution in [0.3, 0.4) is 0 Å². The maximum atomic E-state index is 13.4. The monoisotopic (exact) mass is 605 g/mol. The molecule has 0 saturated carbocycles. The number of aromatic amines is 1. The van der Waals surface area contributed by atoms with Crippen molar-refractivity contribution < 1.29 is 22.4 Å². The number of hydrogen-bond donors (Lipinski definition) is 3. The van der Waals surface area contributed by atoms with Crippen molar-refractivity contribution in [2.45, 2.75) is 32.9 Å². The Balaban J connectivity index is 1.71. The predicted molar refractivity (Wildman–Crippen MR) is 148 cm³/mol. The second-order valence-electron chi connectivity index (χ2n) is 8.58. The first kappa shape index (κ1) is 28.2. The van der Waals surface area contributed by atoms with E-state index in [1.54, 1.807) is 25.2 Å². The Hall–Kier alpha value is -4.38. The number of aromatic nitrogens is 5. The fourth-order valence-corrected chi connectivity index (χ4v) is 5.95. The van der Waals surface area contributed by atoms with Crippen molar-refractivity contribution in [2.24, 2.45) is 5.10 Å². The normalized spacial score (nSPS) is 13.7. The summed E-state index contributed by atoms with van der Waals surface area (Å²) >= 11 is 1.91. The number of urea groups is 1. The first-order chi connectivity index (χ1) is 19.6. The van der Waals surface area contributed by atoms with Gasteiger partial charge in [-0.25, -0.2) is 29.6 Å². The molecule has 0 unspecified atom stereocenters. The molecule has 5 heterocycles. The molecule has 0 aromatic carbocycles. The number of hydrogen-bond acceptors (Lipinski definition) is 11. The zero-order valence-electron chi connectivity index (χ0n) is 21.8. The highest BCUT2D eigenvalue weighted by atomic mass is 32.1. The van der Waals surface area contributed by atoms with E-state index in [1.807, 2.05) is 6.92 Å². The molecule has 4 aromatic rings. The summed E-state index contributed by atoms with van der Waals surface area (Å²) in [4.78, 5) is 37.3. The maximum absolute atomic E-state index is 13.4. The fourth-order valence-electron chi connectivity index (χ4n) is 4.08. The van der Waals surface area contributed by atoms with Crippen LogP contribution in [0.2, 0.25) is 0 Å². The number of rotatable bonds is 7. The molecule has 0 aliphatic carbocycles. The van der Waals surface area contributed by atoms with Gasteiger partial charge in [0.05, 0.1) is 5.70 Å². The van der Waals surface area contributed by atoms with Crippen molar-refractivity contribution >= 4 is 46.4 Å². The number of alkyl halides is 3. The zero-order chi connectivity index (χ0) is 29.3. The van der Waals surface area contributed by atoms with Crippen LogP contribution >= 0.6 is 22.7 Å². The highest BCUT2D eigenvalue weighted by Gasteiger charge is 2.34. The van der Waals surface area contributed by atoms with E-state index in [4.69, 9.17) is 9.40 Å². The van der Waals surface area contributed by atoms with Crippen LogP contribution in [-0.4, -0.2) is 56.0 Å². The number of pyridine rings is 1. The quantitative estimate of drug-likeness (QED) is 0.257. The second kappa shape index (κ2) is 11.2. The van der Waals surface area contributed by atoms with Crippen molar-refractivity contribution in [3.8, 4) is 31.9 Å². The van der Waals surface area contributed by atoms with Gasteiger partial charge >= 0.3 is 18.0 Å². The molecule has 1 aliphatic rings. The van der Waals surface area contributed by atoms with E-state index in [1.165, 1.54) is 12.3 Å². The molecule has 3 N–H and O–H groups in total. The molecular weight excluding hydrogens is 583 g/mol. The summed E-state index contributed by atoms with van der Waals surface area (Å²) in [7, 11) is 1.76. The first-order valence-electron chi connectivity index (χ1n) is 12.2. The average molecular weight is 606 g/mol. The van der Waals surface area contributed by atoms with Crippen LogP contribution in [-0.2, 0) is 6.18 Å². The topological polar surface area (TPSA) is 154 Å². The van der Waals surface area contributed by atoms with Gasteiger partial charge in [-0.05, 0) is 25.0 Å². The lowest BCUT2D eigenvalue weighted by Crippen LogP contribution is -2.28. The average Bonchev–Trinajstić information content (AvgIpc) is 3.68. The summed E-state index contributed by atoms with van der Waals surface area (Å²) in [6.07, 6.45) is -0.198. The number of hydrazone groups is 1. The van der Waals surface area contributed by atoms with Crippen LogP contribution in [0.5, 0.6) is 0 Å². The van der Waals surface area contributed by atoms with Crippen LogP contribution in [0.25, 0.3) is 37.6 Å². The number of nitrogens with zero attached hydrogens (tertiary/aromatic N) is 6. The number of H-pyrrole nitrogens is 1. The number of anilines is 1. The van der Waals surface area contributed by atoms with Crippen LogP contribution in [0.15, 0.2) is 37.5 Å². The summed E-state index contributed by atoms with van der Waals surface area (Å²) in [6, 6.07) is 0.911. The molecule has 5 rings (SSSR count). The number of nitrogens with one attached hydrogen (secondary N) is 3. The summed E-state index contributed by atoms with van der Waals surface area (Å²) in [5, 5.41) is 18.7. The SMILES string of the molecule is CCNC(=O)Nc1cc(-c2nc(C(F)(F)F)cs2)c(-c2nc(C3=C(CC)CC=NN3C)c(-c3n[nH]c(=O)o3)s2)cn1. The van der Waals surface area contributed by atoms with Gasteiger partial charge < -0.3 is 9.73 Å². The second-order valence-corrected chi connectivity index (χ2v) is 10.4. The molecule has 4 aromatic heterocycles. The van der Waals surface area contributed by atoms with Crippen LogP contribution in [0.1, 0.15) is 38.1 Å². The molecule has 12 nitrogen and oxygen atoms in total. The highest BCUT2D eigenvalue weighted by Crippen LogP contribution is 2.44. The molecular formula is C24H22F3N9O3S2. The number of carbonyl (C=O) groups is 1. The van der Waals surface area contributed by atoms with Gasteiger partial charge in [0, 0.05) is 48.9 Å². The molecule has 0 atom stereocenters. The number of carbonyl (C=O) groups excluding carboxylic acids is 1. The Morgan fingerprint density at radius 1 is 1.22 bits per heavy atom. The Morgan fingerprint density at radius 3 is 2.68 bits per heavy atom. The molecule has 17 heteroatoms. The van der Waals surface area contributed by atoms with Gasteiger partial charge in [0.2, 0.25) is 0 Å². The number of thiazole rings is 2. The van der Waals surface area contributed by atoms with E-state index in [0.29, 0.717) is 46.2 Å². The molecule has 0 spiro atoms. The Bertz CT molecular complexity index is 1720. The molecule has 0 radical (unpaired) electrons. The third kappa shape index (κ3) is 5.76. The molecule has 214 valence electrons. The van der Waals surface area contributed by atoms with Crippen molar-refractivity contribution in [1.82, 2.24) is 35.5 Å². The minimum atomic E-state index is -4.64. The van der Waals surface area contributed by atoms with E-state index in [2.05, 4.69) is 35.9 Å². The predicted octanol–water partition coefficient (Wildman–Crippen LogP) is 5.27. The lowest BCUT2D eigenvalue weighted by Gasteiger charge is -2.23. The maximum Gasteiger partial charge on any atom is 0.434 e. The summed E-state index contributed by atoms with van der Waals surface area (Å²) < 4.78 is 45.5. The third-order valence-electron chi connectivity index (χ3n) is 5.90. The summed E-state index contributed by atoms with van der Waals surface area (Å²) in [6.45, 7) is 4.09. The molecule has 41 heavy (non-hydrogen) atoms. The molecule has 1 aliphatic heterocycles. The number of allylic oxidation sites excluding steroid dienone is 1. The van der Waals surface area contributed by atoms with E-state index in [-0.39, 0.29) is 22.3 Å². The lowest BCUT2D eigenvalue weighted by atomic mass is 10.0. The Labute approximate surface area is 238 Å². The third-order valence-corrected chi connectivity index (χ3v) is 7.85. The van der Waals surface area contributed by atoms with E-state index in [9.17, 15) is 22.8 Å². The molecule has 0 saturated heterocycles. The van der Waals surface area contributed by atoms with Crippen LogP contribution in [0, 0.1) is 0 Å². The van der Waals surface area contributed by atoms with Gasteiger partial charge in [-0.15, -0.1) is 27.8 Å². The van der Waals surface area contributed by atoms with E-state index < -0.39 is 23.7 Å². The summed E-state index contributed by atoms with van der Waals surface area (Å²) in [5.41, 5.74) is 1.72. The van der Waals surface area contributed by atoms with Gasteiger partial charge in [-0.2, -0.15) is 18.3 Å². The molecule has 2 amide bonds. The first-order valence-corrected chi connectivity index (χ1v) is 13.9. The van der Waals surface area contributed by atoms with Gasteiger partial charge in [-0.3, -0.25) is 10.3 Å². The Morgan fingerprint density at radius 2 is 2.02 bits per heavy atom. The largest absolute Gasteiger partial charge is 0.434 e. The highest BCUT2D eigenvalue weighted by molar-refractivity contribution is 7.18. The van der Waals surface area contributed by atoms with Gasteiger partial charge in [0.25, 0.3) is 5.89 Å². The Kier molecular flexibility index (Phi) is 7.72. The standard InChI is InChI=1S/C24H22F3N9O3S2/c1-4-11-6-7-30-36(3)17(11)16-18(19-34-35-23(38)39-19)41-21(33-16)13-9-29-15(32-22(37)28-5-2)8-12(13)20-31-14(10-40-20)24(25,26)27/h7-10H,4-6H2,1-3H3,(H,35,38)(H2,28,29,32,37).